The molecule has 3 rings (SSSR count). The number of carbonyl (C=O) groups is 2. The number of carboxylic acid groups (broad SMARTS) is 1. The van der Waals surface area contributed by atoms with Crippen molar-refractivity contribution < 1.29 is 14.7 Å². The molecule has 1 unspecified atom stereocenters. The van der Waals surface area contributed by atoms with Gasteiger partial charge in [-0.15, -0.1) is 5.10 Å². The van der Waals surface area contributed by atoms with Crippen molar-refractivity contribution in [3.05, 3.63) is 59.2 Å². The van der Waals surface area contributed by atoms with Crippen LogP contribution < -0.4 is 5.32 Å². The summed E-state index contributed by atoms with van der Waals surface area (Å²) in [5, 5.41) is 16.1. The maximum Gasteiger partial charge on any atom is 0.312 e. The maximum absolute atomic E-state index is 12.3. The Morgan fingerprint density at radius 2 is 1.92 bits per heavy atom. The minimum atomic E-state index is -1.01. The molecule has 0 saturated carbocycles. The number of carboxylic acids is 1. The van der Waals surface area contributed by atoms with Gasteiger partial charge >= 0.3 is 5.97 Å². The molecule has 0 fully saturated rings. The summed E-state index contributed by atoms with van der Waals surface area (Å²) in [7, 11) is 0. The molecule has 0 aliphatic heterocycles. The molecule has 0 saturated heterocycles. The molecule has 8 nitrogen and oxygen atoms in total. The van der Waals surface area contributed by atoms with E-state index < -0.39 is 17.8 Å². The van der Waals surface area contributed by atoms with E-state index in [2.05, 4.69) is 20.4 Å². The first-order valence-corrected chi connectivity index (χ1v) is 7.72. The molecule has 8 heteroatoms. The third-order valence-corrected chi connectivity index (χ3v) is 3.79. The lowest BCUT2D eigenvalue weighted by Gasteiger charge is -2.12. The number of nitrogens with zero attached hydrogens (tertiary/aromatic N) is 4. The number of nitrogens with one attached hydrogen (secondary N) is 1. The number of rotatable bonds is 5. The quantitative estimate of drug-likeness (QED) is 0.726. The second-order valence-corrected chi connectivity index (χ2v) is 5.70. The minimum Gasteiger partial charge on any atom is -0.481 e. The van der Waals surface area contributed by atoms with E-state index in [0.29, 0.717) is 11.3 Å². The van der Waals surface area contributed by atoms with Crippen molar-refractivity contribution in [1.29, 1.82) is 0 Å². The fraction of sp³-hybridized carbons (Fsp3) is 0.235. The van der Waals surface area contributed by atoms with Crippen molar-refractivity contribution in [2.24, 2.45) is 0 Å². The van der Waals surface area contributed by atoms with E-state index in [1.807, 2.05) is 19.9 Å². The first-order chi connectivity index (χ1) is 12.0. The summed E-state index contributed by atoms with van der Waals surface area (Å²) >= 11 is 0. The summed E-state index contributed by atoms with van der Waals surface area (Å²) in [5.74, 6) is -2.10. The van der Waals surface area contributed by atoms with Crippen molar-refractivity contribution in [1.82, 2.24) is 24.9 Å². The SMILES string of the molecule is Cc1cc(C)n2nc(C(=O)NCC(C(=O)O)c3ccccc3)nc2n1. The number of hydrogen-bond donors (Lipinski definition) is 2. The second-order valence-electron chi connectivity index (χ2n) is 5.70. The molecule has 1 amide bonds. The van der Waals surface area contributed by atoms with E-state index in [1.165, 1.54) is 4.52 Å². The predicted molar refractivity (Wildman–Crippen MR) is 89.4 cm³/mol. The number of aryl methyl sites for hydroxylation is 2. The van der Waals surface area contributed by atoms with Crippen LogP contribution in [0.1, 0.15) is 33.5 Å². The highest BCUT2D eigenvalue weighted by molar-refractivity contribution is 5.91. The van der Waals surface area contributed by atoms with Gasteiger partial charge < -0.3 is 10.4 Å². The normalized spacial score (nSPS) is 12.1. The summed E-state index contributed by atoms with van der Waals surface area (Å²) in [5.41, 5.74) is 2.20. The molecule has 128 valence electrons. The Kier molecular flexibility index (Phi) is 4.42. The zero-order valence-electron chi connectivity index (χ0n) is 13.8. The van der Waals surface area contributed by atoms with Crippen molar-refractivity contribution in [3.63, 3.8) is 0 Å². The van der Waals surface area contributed by atoms with Crippen molar-refractivity contribution in [2.45, 2.75) is 19.8 Å². The van der Waals surface area contributed by atoms with E-state index in [9.17, 15) is 14.7 Å². The molecule has 2 N–H and O–H groups in total. The van der Waals surface area contributed by atoms with Crippen LogP contribution >= 0.6 is 0 Å². The smallest absolute Gasteiger partial charge is 0.312 e. The molecule has 1 atom stereocenters. The van der Waals surface area contributed by atoms with Crippen molar-refractivity contribution in [2.75, 3.05) is 6.54 Å². The van der Waals surface area contributed by atoms with Gasteiger partial charge in [-0.25, -0.2) is 9.50 Å². The average Bonchev–Trinajstić information content (AvgIpc) is 3.00. The van der Waals surface area contributed by atoms with E-state index in [-0.39, 0.29) is 12.4 Å². The lowest BCUT2D eigenvalue weighted by molar-refractivity contribution is -0.138. The Balaban J connectivity index is 1.78. The molecular formula is C17H17N5O3. The van der Waals surface area contributed by atoms with Gasteiger partial charge in [0.15, 0.2) is 0 Å². The van der Waals surface area contributed by atoms with E-state index >= 15 is 0 Å². The van der Waals surface area contributed by atoms with Crippen LogP contribution in [0.2, 0.25) is 0 Å². The first-order valence-electron chi connectivity index (χ1n) is 7.72. The monoisotopic (exact) mass is 339 g/mol. The van der Waals surface area contributed by atoms with Crippen LogP contribution in [0.15, 0.2) is 36.4 Å². The molecule has 2 heterocycles. The molecule has 25 heavy (non-hydrogen) atoms. The molecule has 0 aliphatic rings. The number of benzene rings is 1. The lowest BCUT2D eigenvalue weighted by Crippen LogP contribution is -2.32. The molecular weight excluding hydrogens is 322 g/mol. The van der Waals surface area contributed by atoms with Gasteiger partial charge in [0.05, 0.1) is 5.92 Å². The van der Waals surface area contributed by atoms with Crippen molar-refractivity contribution >= 4 is 17.7 Å². The van der Waals surface area contributed by atoms with Crippen LogP contribution in [-0.4, -0.2) is 43.1 Å². The fourth-order valence-electron chi connectivity index (χ4n) is 2.57. The van der Waals surface area contributed by atoms with Gasteiger partial charge in [-0.05, 0) is 25.5 Å². The van der Waals surface area contributed by atoms with Crippen LogP contribution in [-0.2, 0) is 4.79 Å². The van der Waals surface area contributed by atoms with Crippen molar-refractivity contribution in [3.8, 4) is 0 Å². The number of hydrogen-bond acceptors (Lipinski definition) is 5. The third kappa shape index (κ3) is 3.47. The Bertz CT molecular complexity index is 936. The van der Waals surface area contributed by atoms with E-state index in [1.54, 1.807) is 30.3 Å². The Labute approximate surface area is 143 Å². The van der Waals surface area contributed by atoms with Crippen LogP contribution in [0, 0.1) is 13.8 Å². The number of fused-ring (bicyclic) bond motifs is 1. The van der Waals surface area contributed by atoms with Gasteiger partial charge in [-0.1, -0.05) is 30.3 Å². The topological polar surface area (TPSA) is 109 Å². The van der Waals surface area contributed by atoms with Gasteiger partial charge in [0, 0.05) is 17.9 Å². The highest BCUT2D eigenvalue weighted by Gasteiger charge is 2.22. The number of aliphatic carboxylic acids is 1. The Morgan fingerprint density at radius 1 is 1.20 bits per heavy atom. The molecule has 0 radical (unpaired) electrons. The van der Waals surface area contributed by atoms with E-state index in [4.69, 9.17) is 0 Å². The standard InChI is InChI=1S/C17H17N5O3/c1-10-8-11(2)22-17(19-10)20-14(21-22)15(23)18-9-13(16(24)25)12-6-4-3-5-7-12/h3-8,13H,9H2,1-2H3,(H,18,23)(H,24,25). The first kappa shape index (κ1) is 16.6. The summed E-state index contributed by atoms with van der Waals surface area (Å²) in [6, 6.07) is 10.6. The number of amides is 1. The minimum absolute atomic E-state index is 0.0431. The van der Waals surface area contributed by atoms with Crippen LogP contribution in [0.5, 0.6) is 0 Å². The Hall–Kier alpha value is -3.29. The summed E-state index contributed by atoms with van der Waals surface area (Å²) in [6.45, 7) is 3.62. The van der Waals surface area contributed by atoms with Crippen LogP contribution in [0.4, 0.5) is 0 Å². The number of aromatic nitrogens is 4. The summed E-state index contributed by atoms with van der Waals surface area (Å²) < 4.78 is 1.48. The average molecular weight is 339 g/mol. The Morgan fingerprint density at radius 3 is 2.60 bits per heavy atom. The number of carbonyl (C=O) groups excluding carboxylic acids is 1. The molecule has 0 bridgehead atoms. The lowest BCUT2D eigenvalue weighted by atomic mass is 9.99. The van der Waals surface area contributed by atoms with Gasteiger partial charge in [0.1, 0.15) is 0 Å². The fourth-order valence-corrected chi connectivity index (χ4v) is 2.57. The summed E-state index contributed by atoms with van der Waals surface area (Å²) in [6.07, 6.45) is 0. The zero-order valence-corrected chi connectivity index (χ0v) is 13.8. The van der Waals surface area contributed by atoms with Gasteiger partial charge in [0.25, 0.3) is 11.7 Å². The zero-order chi connectivity index (χ0) is 18.0. The van der Waals surface area contributed by atoms with Crippen LogP contribution in [0.3, 0.4) is 0 Å². The van der Waals surface area contributed by atoms with Gasteiger partial charge in [-0.2, -0.15) is 4.98 Å². The molecule has 2 aromatic heterocycles. The molecule has 1 aromatic carbocycles. The van der Waals surface area contributed by atoms with Gasteiger partial charge in [-0.3, -0.25) is 9.59 Å². The highest BCUT2D eigenvalue weighted by Crippen LogP contribution is 2.15. The molecule has 3 aromatic rings. The third-order valence-electron chi connectivity index (χ3n) is 3.79. The second kappa shape index (κ2) is 6.68. The predicted octanol–water partition coefficient (Wildman–Crippen LogP) is 1.34. The van der Waals surface area contributed by atoms with E-state index in [0.717, 1.165) is 11.4 Å². The summed E-state index contributed by atoms with van der Waals surface area (Å²) in [4.78, 5) is 32.1. The maximum atomic E-state index is 12.3. The van der Waals surface area contributed by atoms with Crippen LogP contribution in [0.25, 0.3) is 5.78 Å². The molecule has 0 spiro atoms. The van der Waals surface area contributed by atoms with Gasteiger partial charge in [0.2, 0.25) is 5.82 Å². The molecule has 0 aliphatic carbocycles. The highest BCUT2D eigenvalue weighted by atomic mass is 16.4. The largest absolute Gasteiger partial charge is 0.481 e.